The number of piperidine rings is 2. The fourth-order valence-corrected chi connectivity index (χ4v) is 5.10. The number of pyridine rings is 1. The molecule has 1 spiro atoms. The van der Waals surface area contributed by atoms with Gasteiger partial charge in [0.25, 0.3) is 0 Å². The van der Waals surface area contributed by atoms with E-state index in [9.17, 15) is 10.4 Å². The van der Waals surface area contributed by atoms with E-state index < -0.39 is 0 Å². The van der Waals surface area contributed by atoms with Crippen molar-refractivity contribution < 1.29 is 5.11 Å². The van der Waals surface area contributed by atoms with E-state index in [0.717, 1.165) is 74.2 Å². The molecule has 0 saturated carbocycles. The fourth-order valence-electron chi connectivity index (χ4n) is 5.10. The van der Waals surface area contributed by atoms with Gasteiger partial charge in [0.1, 0.15) is 11.9 Å². The van der Waals surface area contributed by atoms with Gasteiger partial charge in [-0.3, -0.25) is 0 Å². The van der Waals surface area contributed by atoms with Gasteiger partial charge in [-0.1, -0.05) is 6.92 Å². The van der Waals surface area contributed by atoms with Gasteiger partial charge in [-0.2, -0.15) is 15.3 Å². The molecule has 1 atom stereocenters. The van der Waals surface area contributed by atoms with Crippen molar-refractivity contribution in [3.8, 4) is 6.07 Å². The molecule has 2 aromatic rings. The van der Waals surface area contributed by atoms with Crippen LogP contribution in [0.25, 0.3) is 0 Å². The SMILES string of the molecule is CCc1nc(N2CC(O)CC3(CCN(c4nc(C)cc(C)c4C#N)CC3)C2)n(C)n1. The molecule has 4 heterocycles. The molecule has 2 aromatic heterocycles. The molecule has 0 radical (unpaired) electrons. The number of hydrogen-bond donors (Lipinski definition) is 1. The first-order valence-corrected chi connectivity index (χ1v) is 10.8. The summed E-state index contributed by atoms with van der Waals surface area (Å²) in [6.45, 7) is 9.15. The van der Waals surface area contributed by atoms with Crippen LogP contribution in [-0.4, -0.2) is 57.1 Å². The quantitative estimate of drug-likeness (QED) is 0.830. The Hall–Kier alpha value is -2.66. The molecular formula is C22H31N7O. The molecule has 0 amide bonds. The predicted octanol–water partition coefficient (Wildman–Crippen LogP) is 2.12. The van der Waals surface area contributed by atoms with E-state index in [2.05, 4.69) is 37.9 Å². The number of nitrogens with zero attached hydrogens (tertiary/aromatic N) is 7. The van der Waals surface area contributed by atoms with E-state index in [0.29, 0.717) is 12.1 Å². The number of β-amino-alcohol motifs (C(OH)–C–C–N with tert-alkyl or cyclic N) is 1. The standard InChI is InChI=1S/C22H31N7O/c1-5-19-25-21(27(4)26-19)29-13-17(30)11-22(14-29)6-8-28(9-7-22)20-18(12-23)15(2)10-16(3)24-20/h10,17,30H,5-9,11,13-14H2,1-4H3. The van der Waals surface area contributed by atoms with E-state index in [-0.39, 0.29) is 11.5 Å². The molecule has 2 saturated heterocycles. The first kappa shape index (κ1) is 20.6. The molecule has 30 heavy (non-hydrogen) atoms. The van der Waals surface area contributed by atoms with Crippen LogP contribution in [0.15, 0.2) is 6.07 Å². The molecule has 2 fully saturated rings. The van der Waals surface area contributed by atoms with Crippen LogP contribution in [0.5, 0.6) is 0 Å². The maximum absolute atomic E-state index is 10.7. The molecule has 0 aromatic carbocycles. The van der Waals surface area contributed by atoms with Gasteiger partial charge in [0.15, 0.2) is 5.82 Å². The number of rotatable bonds is 3. The molecule has 1 N–H and O–H groups in total. The summed E-state index contributed by atoms with van der Waals surface area (Å²) >= 11 is 0. The monoisotopic (exact) mass is 409 g/mol. The van der Waals surface area contributed by atoms with Crippen LogP contribution in [0.2, 0.25) is 0 Å². The van der Waals surface area contributed by atoms with E-state index >= 15 is 0 Å². The number of anilines is 2. The number of aromatic nitrogens is 4. The van der Waals surface area contributed by atoms with E-state index in [1.807, 2.05) is 31.6 Å². The van der Waals surface area contributed by atoms with Crippen molar-refractivity contribution in [1.82, 2.24) is 19.7 Å². The Morgan fingerprint density at radius 3 is 2.60 bits per heavy atom. The lowest BCUT2D eigenvalue weighted by Crippen LogP contribution is -2.54. The van der Waals surface area contributed by atoms with E-state index in [4.69, 9.17) is 0 Å². The third-order valence-corrected chi connectivity index (χ3v) is 6.57. The maximum atomic E-state index is 10.7. The van der Waals surface area contributed by atoms with E-state index in [1.165, 1.54) is 0 Å². The van der Waals surface area contributed by atoms with Crippen LogP contribution in [0.4, 0.5) is 11.8 Å². The van der Waals surface area contributed by atoms with Gasteiger partial charge in [-0.05, 0) is 50.2 Å². The summed E-state index contributed by atoms with van der Waals surface area (Å²) in [5, 5.41) is 24.8. The Morgan fingerprint density at radius 2 is 1.97 bits per heavy atom. The largest absolute Gasteiger partial charge is 0.391 e. The zero-order chi connectivity index (χ0) is 21.5. The molecule has 1 unspecified atom stereocenters. The summed E-state index contributed by atoms with van der Waals surface area (Å²) in [7, 11) is 1.92. The minimum Gasteiger partial charge on any atom is -0.391 e. The lowest BCUT2D eigenvalue weighted by atomic mass is 9.71. The van der Waals surface area contributed by atoms with Crippen LogP contribution in [0.1, 0.15) is 48.8 Å². The topological polar surface area (TPSA) is 94.1 Å². The van der Waals surface area contributed by atoms with Gasteiger partial charge in [-0.15, -0.1) is 0 Å². The Morgan fingerprint density at radius 1 is 1.23 bits per heavy atom. The maximum Gasteiger partial charge on any atom is 0.223 e. The second-order valence-electron chi connectivity index (χ2n) is 8.92. The van der Waals surface area contributed by atoms with Crippen LogP contribution >= 0.6 is 0 Å². The smallest absolute Gasteiger partial charge is 0.223 e. The number of hydrogen-bond acceptors (Lipinski definition) is 7. The highest BCUT2D eigenvalue weighted by atomic mass is 16.3. The number of aliphatic hydroxyl groups is 1. The van der Waals surface area contributed by atoms with Crippen molar-refractivity contribution in [2.24, 2.45) is 12.5 Å². The minimum atomic E-state index is -0.374. The lowest BCUT2D eigenvalue weighted by Gasteiger charge is -2.49. The molecule has 0 aliphatic carbocycles. The lowest BCUT2D eigenvalue weighted by molar-refractivity contribution is 0.0588. The first-order valence-electron chi connectivity index (χ1n) is 10.8. The van der Waals surface area contributed by atoms with Gasteiger partial charge >= 0.3 is 0 Å². The van der Waals surface area contributed by atoms with Crippen LogP contribution in [0.3, 0.4) is 0 Å². The highest BCUT2D eigenvalue weighted by molar-refractivity contribution is 5.58. The zero-order valence-corrected chi connectivity index (χ0v) is 18.4. The third kappa shape index (κ3) is 3.74. The van der Waals surface area contributed by atoms with Crippen LogP contribution in [-0.2, 0) is 13.5 Å². The van der Waals surface area contributed by atoms with Crippen molar-refractivity contribution in [3.05, 3.63) is 28.7 Å². The highest BCUT2D eigenvalue weighted by Crippen LogP contribution is 2.42. The average molecular weight is 410 g/mol. The normalized spacial score (nSPS) is 21.1. The summed E-state index contributed by atoms with van der Waals surface area (Å²) in [5.74, 6) is 2.48. The van der Waals surface area contributed by atoms with Crippen LogP contribution in [0, 0.1) is 30.6 Å². The fraction of sp³-hybridized carbons (Fsp3) is 0.636. The van der Waals surface area contributed by atoms with Crippen molar-refractivity contribution in [3.63, 3.8) is 0 Å². The summed E-state index contributed by atoms with van der Waals surface area (Å²) in [6.07, 6.45) is 3.15. The average Bonchev–Trinajstić information content (AvgIpc) is 3.08. The summed E-state index contributed by atoms with van der Waals surface area (Å²) in [4.78, 5) is 13.8. The first-order chi connectivity index (χ1) is 14.3. The number of aryl methyl sites for hydroxylation is 4. The second-order valence-corrected chi connectivity index (χ2v) is 8.92. The number of aliphatic hydroxyl groups excluding tert-OH is 1. The molecule has 160 valence electrons. The summed E-state index contributed by atoms with van der Waals surface area (Å²) in [5.41, 5.74) is 2.63. The van der Waals surface area contributed by atoms with Crippen molar-refractivity contribution in [2.45, 2.75) is 52.6 Å². The van der Waals surface area contributed by atoms with Crippen LogP contribution < -0.4 is 9.80 Å². The molecule has 8 heteroatoms. The Bertz CT molecular complexity index is 969. The van der Waals surface area contributed by atoms with Crippen molar-refractivity contribution >= 4 is 11.8 Å². The third-order valence-electron chi connectivity index (χ3n) is 6.57. The molecule has 2 aliphatic heterocycles. The number of nitriles is 1. The highest BCUT2D eigenvalue weighted by Gasteiger charge is 2.43. The zero-order valence-electron chi connectivity index (χ0n) is 18.4. The van der Waals surface area contributed by atoms with Gasteiger partial charge < -0.3 is 14.9 Å². The molecule has 8 nitrogen and oxygen atoms in total. The van der Waals surface area contributed by atoms with Crippen molar-refractivity contribution in [1.29, 1.82) is 5.26 Å². The molecule has 4 rings (SSSR count). The predicted molar refractivity (Wildman–Crippen MR) is 116 cm³/mol. The van der Waals surface area contributed by atoms with E-state index in [1.54, 1.807) is 0 Å². The Kier molecular flexibility index (Phi) is 5.41. The molecular weight excluding hydrogens is 378 g/mol. The van der Waals surface area contributed by atoms with Gasteiger partial charge in [0.2, 0.25) is 5.95 Å². The minimum absolute atomic E-state index is 0.0399. The summed E-state index contributed by atoms with van der Waals surface area (Å²) < 4.78 is 1.83. The van der Waals surface area contributed by atoms with Gasteiger partial charge in [-0.25, -0.2) is 9.67 Å². The Labute approximate surface area is 178 Å². The van der Waals surface area contributed by atoms with Gasteiger partial charge in [0.05, 0.1) is 11.7 Å². The second kappa shape index (κ2) is 7.88. The Balaban J connectivity index is 1.53. The summed E-state index contributed by atoms with van der Waals surface area (Å²) in [6, 6.07) is 4.31. The molecule has 2 aliphatic rings. The van der Waals surface area contributed by atoms with Crippen molar-refractivity contribution in [2.75, 3.05) is 36.0 Å². The van der Waals surface area contributed by atoms with Gasteiger partial charge in [0, 0.05) is 45.3 Å². The molecule has 0 bridgehead atoms.